The van der Waals surface area contributed by atoms with Crippen molar-refractivity contribution in [2.24, 2.45) is 0 Å². The predicted octanol–water partition coefficient (Wildman–Crippen LogP) is 16.1. The molecular formula is C65H110O12. The molecule has 1 saturated heterocycles. The Hall–Kier alpha value is -3.84. The zero-order valence-electron chi connectivity index (χ0n) is 48.7. The number of carbonyl (C=O) groups is 4. The molecule has 6 atom stereocenters. The molecule has 0 aromatic heterocycles. The van der Waals surface area contributed by atoms with Crippen LogP contribution in [0.2, 0.25) is 0 Å². The van der Waals surface area contributed by atoms with Crippen molar-refractivity contribution in [2.45, 2.75) is 302 Å². The van der Waals surface area contributed by atoms with E-state index in [9.17, 15) is 34.5 Å². The second kappa shape index (κ2) is 52.8. The molecule has 77 heavy (non-hydrogen) atoms. The maximum atomic E-state index is 13.2. The third kappa shape index (κ3) is 42.7. The van der Waals surface area contributed by atoms with Crippen molar-refractivity contribution in [1.29, 1.82) is 0 Å². The van der Waals surface area contributed by atoms with E-state index in [1.54, 1.807) is 0 Å². The Balaban J connectivity index is 2.69. The minimum absolute atomic E-state index is 0.0233. The van der Waals surface area contributed by atoms with Crippen LogP contribution in [0.3, 0.4) is 0 Å². The first-order valence-corrected chi connectivity index (χ1v) is 30.9. The Bertz CT molecular complexity index is 1620. The average Bonchev–Trinajstić information content (AvgIpc) is 3.42. The van der Waals surface area contributed by atoms with E-state index in [1.807, 2.05) is 0 Å². The summed E-state index contributed by atoms with van der Waals surface area (Å²) in [5, 5.41) is 31.5. The molecule has 0 spiro atoms. The summed E-state index contributed by atoms with van der Waals surface area (Å²) in [5.74, 6) is -3.16. The van der Waals surface area contributed by atoms with E-state index in [0.717, 1.165) is 109 Å². The number of allylic oxidation sites excluding steroid dienone is 12. The van der Waals surface area contributed by atoms with Gasteiger partial charge in [-0.05, 0) is 89.9 Å². The number of rotatable bonds is 52. The first kappa shape index (κ1) is 71.2. The molecule has 0 bridgehead atoms. The van der Waals surface area contributed by atoms with Crippen LogP contribution in [-0.2, 0) is 42.9 Å². The van der Waals surface area contributed by atoms with Crippen LogP contribution in [0, 0.1) is 0 Å². The van der Waals surface area contributed by atoms with Gasteiger partial charge in [0.15, 0.2) is 24.6 Å². The number of hydrogen-bond donors (Lipinski definition) is 3. The van der Waals surface area contributed by atoms with Crippen LogP contribution in [0.5, 0.6) is 0 Å². The number of carboxylic acid groups (broad SMARTS) is 1. The second-order valence-electron chi connectivity index (χ2n) is 21.0. The van der Waals surface area contributed by atoms with E-state index in [-0.39, 0.29) is 25.9 Å². The minimum atomic E-state index is -1.92. The quantitative estimate of drug-likeness (QED) is 0.0228. The van der Waals surface area contributed by atoms with Crippen molar-refractivity contribution >= 4 is 23.9 Å². The predicted molar refractivity (Wildman–Crippen MR) is 312 cm³/mol. The number of esters is 3. The highest BCUT2D eigenvalue weighted by Crippen LogP contribution is 2.26. The fourth-order valence-corrected chi connectivity index (χ4v) is 9.04. The van der Waals surface area contributed by atoms with Gasteiger partial charge in [-0.15, -0.1) is 0 Å². The molecule has 442 valence electrons. The van der Waals surface area contributed by atoms with Crippen LogP contribution in [0.25, 0.3) is 0 Å². The van der Waals surface area contributed by atoms with Crippen LogP contribution >= 0.6 is 0 Å². The first-order valence-electron chi connectivity index (χ1n) is 30.9. The van der Waals surface area contributed by atoms with Gasteiger partial charge in [0.05, 0.1) is 6.61 Å². The molecular weight excluding hydrogens is 973 g/mol. The van der Waals surface area contributed by atoms with E-state index in [4.69, 9.17) is 23.7 Å². The van der Waals surface area contributed by atoms with E-state index >= 15 is 0 Å². The Kier molecular flexibility index (Phi) is 48.8. The summed E-state index contributed by atoms with van der Waals surface area (Å²) in [5.41, 5.74) is 0. The SMILES string of the molecule is CC/C=C\C/C=C\C/C=C\CCCCCC(=O)OC1C(OCC(COC(=O)CCCCCCCC/C=C\C/C=C\C/C=C\CCCCC)OC(=O)CCCCCCCCCCCCCCCCC)OC(C(=O)O)C(O)C1O. The fourth-order valence-electron chi connectivity index (χ4n) is 9.04. The van der Waals surface area contributed by atoms with Crippen molar-refractivity contribution < 1.29 is 58.2 Å². The number of aliphatic carboxylic acids is 1. The van der Waals surface area contributed by atoms with Gasteiger partial charge in [-0.25, -0.2) is 4.79 Å². The van der Waals surface area contributed by atoms with Gasteiger partial charge < -0.3 is 39.0 Å². The van der Waals surface area contributed by atoms with E-state index in [1.165, 1.54) is 96.3 Å². The van der Waals surface area contributed by atoms with Gasteiger partial charge in [-0.1, -0.05) is 229 Å². The van der Waals surface area contributed by atoms with Gasteiger partial charge >= 0.3 is 23.9 Å². The number of aliphatic hydroxyl groups is 2. The monoisotopic (exact) mass is 1080 g/mol. The molecule has 1 rings (SSSR count). The van der Waals surface area contributed by atoms with Crippen LogP contribution in [0.15, 0.2) is 72.9 Å². The fraction of sp³-hybridized carbons (Fsp3) is 0.754. The molecule has 1 aliphatic heterocycles. The Morgan fingerprint density at radius 2 is 0.818 bits per heavy atom. The lowest BCUT2D eigenvalue weighted by Crippen LogP contribution is -2.61. The minimum Gasteiger partial charge on any atom is -0.479 e. The van der Waals surface area contributed by atoms with Gasteiger partial charge in [-0.2, -0.15) is 0 Å². The topological polar surface area (TPSA) is 175 Å². The number of carboxylic acids is 1. The highest BCUT2D eigenvalue weighted by atomic mass is 16.7. The third-order valence-corrected chi connectivity index (χ3v) is 13.8. The summed E-state index contributed by atoms with van der Waals surface area (Å²) >= 11 is 0. The van der Waals surface area contributed by atoms with Crippen molar-refractivity contribution in [3.8, 4) is 0 Å². The maximum Gasteiger partial charge on any atom is 0.335 e. The molecule has 6 unspecified atom stereocenters. The van der Waals surface area contributed by atoms with Crippen molar-refractivity contribution in [3.63, 3.8) is 0 Å². The molecule has 1 heterocycles. The molecule has 1 fully saturated rings. The lowest BCUT2D eigenvalue weighted by atomic mass is 9.98. The zero-order chi connectivity index (χ0) is 56.1. The number of ether oxygens (including phenoxy) is 5. The smallest absolute Gasteiger partial charge is 0.335 e. The van der Waals surface area contributed by atoms with Crippen LogP contribution < -0.4 is 0 Å². The lowest BCUT2D eigenvalue weighted by molar-refractivity contribution is -0.301. The van der Waals surface area contributed by atoms with E-state index in [2.05, 4.69) is 93.7 Å². The van der Waals surface area contributed by atoms with Crippen LogP contribution in [0.4, 0.5) is 0 Å². The number of carbonyl (C=O) groups excluding carboxylic acids is 3. The second-order valence-corrected chi connectivity index (χ2v) is 21.0. The summed E-state index contributed by atoms with van der Waals surface area (Å²) in [6, 6.07) is 0. The van der Waals surface area contributed by atoms with E-state index < -0.39 is 67.3 Å². The average molecular weight is 1080 g/mol. The third-order valence-electron chi connectivity index (χ3n) is 13.8. The molecule has 0 radical (unpaired) electrons. The highest BCUT2D eigenvalue weighted by Gasteiger charge is 2.50. The van der Waals surface area contributed by atoms with Crippen LogP contribution in [0.1, 0.15) is 265 Å². The molecule has 1 aliphatic rings. The van der Waals surface area contributed by atoms with Crippen molar-refractivity contribution in [2.75, 3.05) is 13.2 Å². The zero-order valence-corrected chi connectivity index (χ0v) is 48.7. The standard InChI is InChI=1S/C65H110O12/c1-4-7-10-13-16-19-22-25-27-28-29-30-32-34-36-39-42-45-48-51-57(66)73-54-56(75-58(67)52-49-46-43-40-38-35-31-26-23-20-17-14-11-8-5-2)55-74-65-63(61(70)60(69)62(77-65)64(71)72)76-59(68)53-50-47-44-41-37-33-24-21-18-15-12-9-6-3/h9,12,16,18-19,21,25,27,29-30,33,37,56,60-63,65,69-70H,4-8,10-11,13-15,17,20,22-24,26,28,31-32,34-36,38-55H2,1-3H3,(H,71,72)/b12-9-,19-16-,21-18-,27-25-,30-29-,37-33-. The van der Waals surface area contributed by atoms with Gasteiger partial charge in [0.2, 0.25) is 0 Å². The molecule has 12 nitrogen and oxygen atoms in total. The lowest BCUT2D eigenvalue weighted by Gasteiger charge is -2.40. The van der Waals surface area contributed by atoms with Crippen LogP contribution in [-0.4, -0.2) is 89.2 Å². The Morgan fingerprint density at radius 3 is 1.29 bits per heavy atom. The Labute approximate surface area is 468 Å². The molecule has 3 N–H and O–H groups in total. The van der Waals surface area contributed by atoms with Crippen molar-refractivity contribution in [1.82, 2.24) is 0 Å². The summed E-state index contributed by atoms with van der Waals surface area (Å²) in [7, 11) is 0. The molecule has 12 heteroatoms. The number of hydrogen-bond acceptors (Lipinski definition) is 11. The summed E-state index contributed by atoms with van der Waals surface area (Å²) < 4.78 is 28.4. The van der Waals surface area contributed by atoms with Gasteiger partial charge in [-0.3, -0.25) is 14.4 Å². The van der Waals surface area contributed by atoms with Crippen molar-refractivity contribution in [3.05, 3.63) is 72.9 Å². The van der Waals surface area contributed by atoms with Gasteiger partial charge in [0, 0.05) is 19.3 Å². The maximum absolute atomic E-state index is 13.2. The van der Waals surface area contributed by atoms with Gasteiger partial charge in [0.25, 0.3) is 0 Å². The highest BCUT2D eigenvalue weighted by molar-refractivity contribution is 5.74. The normalized spacial score (nSPS) is 18.5. The molecule has 0 amide bonds. The molecule has 0 aliphatic carbocycles. The number of aliphatic hydroxyl groups excluding tert-OH is 2. The first-order chi connectivity index (χ1) is 37.6. The van der Waals surface area contributed by atoms with Gasteiger partial charge in [0.1, 0.15) is 18.8 Å². The Morgan fingerprint density at radius 1 is 0.442 bits per heavy atom. The summed E-state index contributed by atoms with van der Waals surface area (Å²) in [6.07, 6.45) is 54.4. The molecule has 0 aromatic carbocycles. The molecule has 0 aromatic rings. The molecule has 0 saturated carbocycles. The number of unbranched alkanes of at least 4 members (excludes halogenated alkanes) is 26. The summed E-state index contributed by atoms with van der Waals surface area (Å²) in [6.45, 7) is 5.84. The van der Waals surface area contributed by atoms with E-state index in [0.29, 0.717) is 19.3 Å². The summed E-state index contributed by atoms with van der Waals surface area (Å²) in [4.78, 5) is 51.2. The largest absolute Gasteiger partial charge is 0.479 e.